The molecule has 0 radical (unpaired) electrons. The first kappa shape index (κ1) is 13.5. The Morgan fingerprint density at radius 1 is 1.06 bits per heavy atom. The third-order valence-corrected chi connectivity index (χ3v) is 3.13. The van der Waals surface area contributed by atoms with E-state index >= 15 is 0 Å². The molecule has 1 fully saturated rings. The van der Waals surface area contributed by atoms with Gasteiger partial charge in [0.1, 0.15) is 0 Å². The average molecular weight is 242 g/mol. The molecule has 1 saturated carbocycles. The smallest absolute Gasteiger partial charge is 0.0541 e. The maximum Gasteiger partial charge on any atom is 0.0541 e. The van der Waals surface area contributed by atoms with Crippen molar-refractivity contribution in [3.8, 4) is 0 Å². The van der Waals surface area contributed by atoms with E-state index in [4.69, 9.17) is 0 Å². The fourth-order valence-corrected chi connectivity index (χ4v) is 2.14. The number of rotatable bonds is 3. The van der Waals surface area contributed by atoms with Gasteiger partial charge in [0.15, 0.2) is 0 Å². The van der Waals surface area contributed by atoms with Crippen molar-refractivity contribution in [3.05, 3.63) is 35.9 Å². The predicted octanol–water partition coefficient (Wildman–Crippen LogP) is 2.50. The summed E-state index contributed by atoms with van der Waals surface area (Å²) < 4.78 is 0. The van der Waals surface area contributed by atoms with Gasteiger partial charge in [0.2, 0.25) is 0 Å². The summed E-state index contributed by atoms with van der Waals surface area (Å²) in [5, 5.41) is 12.9. The van der Waals surface area contributed by atoms with Crippen molar-refractivity contribution in [3.63, 3.8) is 0 Å². The minimum Gasteiger partial charge on any atom is -0.393 e. The number of hydrogen-bond acceptors (Lipinski definition) is 2. The van der Waals surface area contributed by atoms with E-state index in [9.17, 15) is 5.11 Å². The highest BCUT2D eigenvalue weighted by atomic mass is 35.5. The maximum absolute atomic E-state index is 9.38. The summed E-state index contributed by atoms with van der Waals surface area (Å²) >= 11 is 0. The summed E-state index contributed by atoms with van der Waals surface area (Å²) in [6, 6.07) is 11.1. The van der Waals surface area contributed by atoms with E-state index in [0.717, 1.165) is 32.2 Å². The van der Waals surface area contributed by atoms with Crippen LogP contribution in [0.5, 0.6) is 0 Å². The Kier molecular flexibility index (Phi) is 5.81. The van der Waals surface area contributed by atoms with Crippen molar-refractivity contribution in [2.24, 2.45) is 0 Å². The molecule has 90 valence electrons. The number of nitrogens with one attached hydrogen (secondary N) is 1. The second-order valence-corrected chi connectivity index (χ2v) is 4.37. The number of aliphatic hydroxyl groups is 1. The quantitative estimate of drug-likeness (QED) is 0.852. The number of aliphatic hydroxyl groups excluding tert-OH is 1. The predicted molar refractivity (Wildman–Crippen MR) is 68.8 cm³/mol. The molecule has 0 aliphatic heterocycles. The lowest BCUT2D eigenvalue weighted by Gasteiger charge is -2.26. The van der Waals surface area contributed by atoms with Crippen LogP contribution in [-0.4, -0.2) is 17.3 Å². The number of benzene rings is 1. The molecule has 0 heterocycles. The Morgan fingerprint density at radius 3 is 2.31 bits per heavy atom. The first-order chi connectivity index (χ1) is 7.34. The number of halogens is 1. The van der Waals surface area contributed by atoms with Gasteiger partial charge in [-0.05, 0) is 31.2 Å². The second kappa shape index (κ2) is 6.89. The van der Waals surface area contributed by atoms with Gasteiger partial charge in [-0.1, -0.05) is 30.3 Å². The Labute approximate surface area is 103 Å². The highest BCUT2D eigenvalue weighted by Crippen LogP contribution is 2.18. The third-order valence-electron chi connectivity index (χ3n) is 3.13. The summed E-state index contributed by atoms with van der Waals surface area (Å²) in [5.74, 6) is 0. The Balaban J connectivity index is 0.00000128. The van der Waals surface area contributed by atoms with Crippen LogP contribution in [0.25, 0.3) is 0 Å². The second-order valence-electron chi connectivity index (χ2n) is 4.37. The van der Waals surface area contributed by atoms with E-state index in [0.29, 0.717) is 6.04 Å². The molecule has 1 aliphatic carbocycles. The zero-order valence-corrected chi connectivity index (χ0v) is 10.2. The molecule has 0 saturated heterocycles. The van der Waals surface area contributed by atoms with E-state index in [1.807, 2.05) is 6.07 Å². The molecule has 1 aliphatic rings. The van der Waals surface area contributed by atoms with E-state index in [1.165, 1.54) is 5.56 Å². The molecule has 2 nitrogen and oxygen atoms in total. The van der Waals surface area contributed by atoms with Gasteiger partial charge in [0.05, 0.1) is 6.10 Å². The normalized spacial score (nSPS) is 24.8. The van der Waals surface area contributed by atoms with E-state index in [-0.39, 0.29) is 18.5 Å². The lowest BCUT2D eigenvalue weighted by atomic mass is 9.93. The van der Waals surface area contributed by atoms with E-state index in [1.54, 1.807) is 0 Å². The third kappa shape index (κ3) is 4.12. The molecule has 2 N–H and O–H groups in total. The SMILES string of the molecule is Cl.OC1CCC(NCc2ccccc2)CC1. The van der Waals surface area contributed by atoms with Crippen LogP contribution in [-0.2, 0) is 6.54 Å². The van der Waals surface area contributed by atoms with Gasteiger partial charge in [-0.2, -0.15) is 0 Å². The van der Waals surface area contributed by atoms with Crippen LogP contribution in [0, 0.1) is 0 Å². The highest BCUT2D eigenvalue weighted by Gasteiger charge is 2.18. The molecule has 2 rings (SSSR count). The summed E-state index contributed by atoms with van der Waals surface area (Å²) in [6.45, 7) is 0.946. The van der Waals surface area contributed by atoms with Crippen LogP contribution in [0.15, 0.2) is 30.3 Å². The first-order valence-corrected chi connectivity index (χ1v) is 5.80. The largest absolute Gasteiger partial charge is 0.393 e. The zero-order valence-electron chi connectivity index (χ0n) is 9.43. The van der Waals surface area contributed by atoms with Crippen LogP contribution >= 0.6 is 12.4 Å². The maximum atomic E-state index is 9.38. The van der Waals surface area contributed by atoms with Gasteiger partial charge in [-0.3, -0.25) is 0 Å². The molecule has 0 amide bonds. The molecule has 0 bridgehead atoms. The minimum atomic E-state index is -0.0558. The van der Waals surface area contributed by atoms with Crippen LogP contribution in [0.3, 0.4) is 0 Å². The van der Waals surface area contributed by atoms with Crippen molar-refractivity contribution in [2.45, 2.75) is 44.4 Å². The zero-order chi connectivity index (χ0) is 10.5. The molecule has 0 unspecified atom stereocenters. The topological polar surface area (TPSA) is 32.3 Å². The Morgan fingerprint density at radius 2 is 1.69 bits per heavy atom. The van der Waals surface area contributed by atoms with Crippen molar-refractivity contribution in [1.29, 1.82) is 0 Å². The van der Waals surface area contributed by atoms with Crippen molar-refractivity contribution in [1.82, 2.24) is 5.32 Å². The standard InChI is InChI=1S/C13H19NO.ClH/c15-13-8-6-12(7-9-13)14-10-11-4-2-1-3-5-11;/h1-5,12-15H,6-10H2;1H. The lowest BCUT2D eigenvalue weighted by molar-refractivity contribution is 0.116. The van der Waals surface area contributed by atoms with Gasteiger partial charge in [0, 0.05) is 12.6 Å². The molecule has 0 aromatic heterocycles. The lowest BCUT2D eigenvalue weighted by Crippen LogP contribution is -2.34. The van der Waals surface area contributed by atoms with E-state index in [2.05, 4.69) is 29.6 Å². The van der Waals surface area contributed by atoms with Gasteiger partial charge >= 0.3 is 0 Å². The highest BCUT2D eigenvalue weighted by molar-refractivity contribution is 5.85. The average Bonchev–Trinajstić information content (AvgIpc) is 2.30. The fraction of sp³-hybridized carbons (Fsp3) is 0.538. The van der Waals surface area contributed by atoms with Crippen LogP contribution < -0.4 is 5.32 Å². The van der Waals surface area contributed by atoms with E-state index < -0.39 is 0 Å². The summed E-state index contributed by atoms with van der Waals surface area (Å²) in [6.07, 6.45) is 4.06. The molecule has 16 heavy (non-hydrogen) atoms. The Hall–Kier alpha value is -0.570. The Bertz CT molecular complexity index is 283. The van der Waals surface area contributed by atoms with Gasteiger partial charge in [0.25, 0.3) is 0 Å². The van der Waals surface area contributed by atoms with Crippen molar-refractivity contribution >= 4 is 12.4 Å². The molecule has 3 heteroatoms. The van der Waals surface area contributed by atoms with Crippen LogP contribution in [0.1, 0.15) is 31.2 Å². The molecule has 0 atom stereocenters. The van der Waals surface area contributed by atoms with Crippen molar-refractivity contribution in [2.75, 3.05) is 0 Å². The molecular formula is C13H20ClNO. The molecular weight excluding hydrogens is 222 g/mol. The first-order valence-electron chi connectivity index (χ1n) is 5.80. The molecule has 1 aromatic rings. The number of hydrogen-bond donors (Lipinski definition) is 2. The fourth-order valence-electron chi connectivity index (χ4n) is 2.14. The monoisotopic (exact) mass is 241 g/mol. The van der Waals surface area contributed by atoms with Crippen molar-refractivity contribution < 1.29 is 5.11 Å². The summed E-state index contributed by atoms with van der Waals surface area (Å²) in [4.78, 5) is 0. The summed E-state index contributed by atoms with van der Waals surface area (Å²) in [5.41, 5.74) is 1.34. The molecule has 0 spiro atoms. The van der Waals surface area contributed by atoms with Crippen LogP contribution in [0.2, 0.25) is 0 Å². The molecule has 1 aromatic carbocycles. The summed E-state index contributed by atoms with van der Waals surface area (Å²) in [7, 11) is 0. The van der Waals surface area contributed by atoms with Gasteiger partial charge in [-0.15, -0.1) is 12.4 Å². The minimum absolute atomic E-state index is 0. The van der Waals surface area contributed by atoms with Gasteiger partial charge < -0.3 is 10.4 Å². The van der Waals surface area contributed by atoms with Gasteiger partial charge in [-0.25, -0.2) is 0 Å². The van der Waals surface area contributed by atoms with Crippen LogP contribution in [0.4, 0.5) is 0 Å².